The molecule has 1 aliphatic rings. The fourth-order valence-electron chi connectivity index (χ4n) is 4.07. The van der Waals surface area contributed by atoms with Gasteiger partial charge in [0.05, 0.1) is 17.6 Å². The second kappa shape index (κ2) is 5.56. The minimum atomic E-state index is -0.0717. The van der Waals surface area contributed by atoms with Gasteiger partial charge < -0.3 is 4.98 Å². The number of nitrogens with zero attached hydrogens (tertiary/aromatic N) is 4. The summed E-state index contributed by atoms with van der Waals surface area (Å²) in [5.41, 5.74) is 4.40. The number of hydrogen-bond acceptors (Lipinski definition) is 3. The van der Waals surface area contributed by atoms with E-state index in [4.69, 9.17) is 16.6 Å². The summed E-state index contributed by atoms with van der Waals surface area (Å²) >= 11 is 6.14. The molecule has 4 heterocycles. The predicted molar refractivity (Wildman–Crippen MR) is 109 cm³/mol. The van der Waals surface area contributed by atoms with E-state index in [0.29, 0.717) is 28.4 Å². The molecule has 1 N–H and O–H groups in total. The first kappa shape index (κ1) is 15.7. The van der Waals surface area contributed by atoms with E-state index in [1.165, 1.54) is 10.9 Å². The number of H-pyrrole nitrogens is 1. The van der Waals surface area contributed by atoms with Crippen LogP contribution in [0.15, 0.2) is 59.5 Å². The molecule has 0 aliphatic carbocycles. The molecule has 0 atom stereocenters. The Morgan fingerprint density at radius 2 is 1.96 bits per heavy atom. The summed E-state index contributed by atoms with van der Waals surface area (Å²) in [5.74, 6) is 0.652. The lowest BCUT2D eigenvalue weighted by Crippen LogP contribution is -2.27. The van der Waals surface area contributed by atoms with Gasteiger partial charge in [0, 0.05) is 22.5 Å². The number of benzene rings is 2. The summed E-state index contributed by atoms with van der Waals surface area (Å²) in [6.45, 7) is 0.605. The highest BCUT2D eigenvalue weighted by atomic mass is 35.5. The molecule has 136 valence electrons. The standard InChI is InChI=1S/C21H14ClN5O/c22-12-4-3-5-13(10-12)27-19-16(11-23-27)21(28)26-9-8-15-14-6-1-2-7-17(14)24-18(15)20(26)25-19/h1-7,10-11,24H,8-9H2. The number of nitrogens with one attached hydrogen (secondary N) is 1. The number of aromatic nitrogens is 5. The van der Waals surface area contributed by atoms with Gasteiger partial charge in [0.25, 0.3) is 5.56 Å². The largest absolute Gasteiger partial charge is 0.352 e. The number of rotatable bonds is 1. The second-order valence-corrected chi connectivity index (χ2v) is 7.38. The molecule has 28 heavy (non-hydrogen) atoms. The summed E-state index contributed by atoms with van der Waals surface area (Å²) in [7, 11) is 0. The molecule has 0 spiro atoms. The Morgan fingerprint density at radius 3 is 2.86 bits per heavy atom. The number of fused-ring (bicyclic) bond motifs is 6. The Labute approximate surface area is 164 Å². The average molecular weight is 388 g/mol. The van der Waals surface area contributed by atoms with Gasteiger partial charge >= 0.3 is 0 Å². The van der Waals surface area contributed by atoms with Crippen molar-refractivity contribution >= 4 is 33.5 Å². The highest BCUT2D eigenvalue weighted by molar-refractivity contribution is 6.30. The number of halogens is 1. The van der Waals surface area contributed by atoms with Crippen LogP contribution in [0.3, 0.4) is 0 Å². The van der Waals surface area contributed by atoms with E-state index in [2.05, 4.69) is 16.1 Å². The van der Waals surface area contributed by atoms with Crippen LogP contribution in [0.1, 0.15) is 5.56 Å². The molecule has 2 aromatic carbocycles. The van der Waals surface area contributed by atoms with Crippen molar-refractivity contribution in [2.45, 2.75) is 13.0 Å². The van der Waals surface area contributed by atoms with Crippen molar-refractivity contribution in [3.63, 3.8) is 0 Å². The lowest BCUT2D eigenvalue weighted by Gasteiger charge is -2.18. The zero-order chi connectivity index (χ0) is 18.8. The molecule has 7 heteroatoms. The second-order valence-electron chi connectivity index (χ2n) is 6.94. The maximum Gasteiger partial charge on any atom is 0.264 e. The zero-order valence-electron chi connectivity index (χ0n) is 14.7. The van der Waals surface area contributed by atoms with Gasteiger partial charge in [0.1, 0.15) is 5.39 Å². The van der Waals surface area contributed by atoms with E-state index in [1.807, 2.05) is 30.3 Å². The van der Waals surface area contributed by atoms with Crippen LogP contribution in [0.2, 0.25) is 5.02 Å². The Hall–Kier alpha value is -3.38. The van der Waals surface area contributed by atoms with E-state index >= 15 is 0 Å². The Kier molecular flexibility index (Phi) is 3.11. The van der Waals surface area contributed by atoms with Crippen molar-refractivity contribution in [3.05, 3.63) is 75.7 Å². The van der Waals surface area contributed by atoms with Gasteiger partial charge in [-0.25, -0.2) is 9.67 Å². The first-order valence-corrected chi connectivity index (χ1v) is 9.43. The third kappa shape index (κ3) is 2.06. The van der Waals surface area contributed by atoms with E-state index < -0.39 is 0 Å². The van der Waals surface area contributed by atoms with Crippen LogP contribution in [0.4, 0.5) is 0 Å². The zero-order valence-corrected chi connectivity index (χ0v) is 15.4. The summed E-state index contributed by atoms with van der Waals surface area (Å²) in [6, 6.07) is 15.5. The smallest absolute Gasteiger partial charge is 0.264 e. The van der Waals surface area contributed by atoms with Crippen molar-refractivity contribution in [3.8, 4) is 17.2 Å². The highest BCUT2D eigenvalue weighted by Gasteiger charge is 2.25. The molecule has 0 unspecified atom stereocenters. The van der Waals surface area contributed by atoms with E-state index in [0.717, 1.165) is 23.3 Å². The maximum atomic E-state index is 13.1. The first-order chi connectivity index (χ1) is 13.7. The van der Waals surface area contributed by atoms with Gasteiger partial charge in [-0.05, 0) is 36.2 Å². The number of hydrogen-bond donors (Lipinski definition) is 1. The van der Waals surface area contributed by atoms with Gasteiger partial charge in [-0.3, -0.25) is 9.36 Å². The molecule has 0 radical (unpaired) electrons. The van der Waals surface area contributed by atoms with E-state index in [9.17, 15) is 4.79 Å². The summed E-state index contributed by atoms with van der Waals surface area (Å²) in [4.78, 5) is 21.5. The van der Waals surface area contributed by atoms with Crippen molar-refractivity contribution in [2.75, 3.05) is 0 Å². The van der Waals surface area contributed by atoms with Crippen LogP contribution in [0.5, 0.6) is 0 Å². The first-order valence-electron chi connectivity index (χ1n) is 9.05. The lowest BCUT2D eigenvalue weighted by atomic mass is 10.0. The van der Waals surface area contributed by atoms with Crippen LogP contribution in [0, 0.1) is 0 Å². The van der Waals surface area contributed by atoms with Crippen LogP contribution in [-0.4, -0.2) is 24.3 Å². The van der Waals surface area contributed by atoms with Gasteiger partial charge in [-0.1, -0.05) is 35.9 Å². The van der Waals surface area contributed by atoms with E-state index in [1.54, 1.807) is 27.6 Å². The third-order valence-electron chi connectivity index (χ3n) is 5.36. The summed E-state index contributed by atoms with van der Waals surface area (Å²) in [5, 5.41) is 6.70. The molecule has 0 fully saturated rings. The molecule has 0 bridgehead atoms. The monoisotopic (exact) mass is 387 g/mol. The number of aryl methyl sites for hydroxylation is 1. The molecule has 5 aromatic rings. The molecular formula is C21H14ClN5O. The Bertz CT molecular complexity index is 1460. The van der Waals surface area contributed by atoms with Gasteiger partial charge in [-0.2, -0.15) is 5.10 Å². The van der Waals surface area contributed by atoms with E-state index in [-0.39, 0.29) is 5.56 Å². The normalized spacial score (nSPS) is 13.0. The lowest BCUT2D eigenvalue weighted by molar-refractivity contribution is 0.652. The Balaban J connectivity index is 1.67. The summed E-state index contributed by atoms with van der Waals surface area (Å²) < 4.78 is 3.41. The SMILES string of the molecule is O=c1c2cnn(-c3cccc(Cl)c3)c2nc2n1CCc1c-2[nH]c2ccccc12. The summed E-state index contributed by atoms with van der Waals surface area (Å²) in [6.07, 6.45) is 2.38. The fraction of sp³-hybridized carbons (Fsp3) is 0.0952. The quantitative estimate of drug-likeness (QED) is 0.473. The van der Waals surface area contributed by atoms with Crippen molar-refractivity contribution < 1.29 is 0 Å². The molecular weight excluding hydrogens is 374 g/mol. The van der Waals surface area contributed by atoms with Crippen LogP contribution in [-0.2, 0) is 13.0 Å². The van der Waals surface area contributed by atoms with Gasteiger partial charge in [-0.15, -0.1) is 0 Å². The molecule has 3 aromatic heterocycles. The van der Waals surface area contributed by atoms with Gasteiger partial charge in [0.15, 0.2) is 11.5 Å². The molecule has 0 saturated heterocycles. The average Bonchev–Trinajstić information content (AvgIpc) is 3.30. The van der Waals surface area contributed by atoms with Crippen molar-refractivity contribution in [2.24, 2.45) is 0 Å². The molecule has 0 amide bonds. The maximum absolute atomic E-state index is 13.1. The minimum Gasteiger partial charge on any atom is -0.352 e. The van der Waals surface area contributed by atoms with Crippen LogP contribution < -0.4 is 5.56 Å². The fourth-order valence-corrected chi connectivity index (χ4v) is 4.26. The molecule has 6 rings (SSSR count). The number of para-hydroxylation sites is 1. The van der Waals surface area contributed by atoms with Crippen molar-refractivity contribution in [1.29, 1.82) is 0 Å². The number of aromatic amines is 1. The predicted octanol–water partition coefficient (Wildman–Crippen LogP) is 3.94. The molecule has 6 nitrogen and oxygen atoms in total. The minimum absolute atomic E-state index is 0.0717. The molecule has 0 saturated carbocycles. The van der Waals surface area contributed by atoms with Crippen LogP contribution in [0.25, 0.3) is 39.1 Å². The van der Waals surface area contributed by atoms with Crippen LogP contribution >= 0.6 is 11.6 Å². The third-order valence-corrected chi connectivity index (χ3v) is 5.60. The Morgan fingerprint density at radius 1 is 1.07 bits per heavy atom. The van der Waals surface area contributed by atoms with Crippen molar-refractivity contribution in [1.82, 2.24) is 24.3 Å². The highest BCUT2D eigenvalue weighted by Crippen LogP contribution is 2.33. The topological polar surface area (TPSA) is 68.5 Å². The molecule has 1 aliphatic heterocycles. The van der Waals surface area contributed by atoms with Gasteiger partial charge in [0.2, 0.25) is 0 Å².